The number of aromatic nitrogens is 2. The molecule has 0 radical (unpaired) electrons. The molecule has 0 fully saturated rings. The maximum Gasteiger partial charge on any atom is 0.229 e. The van der Waals surface area contributed by atoms with Crippen LogP contribution in [0.4, 0.5) is 0 Å². The number of amides is 1. The number of rotatable bonds is 8. The van der Waals surface area contributed by atoms with E-state index < -0.39 is 0 Å². The van der Waals surface area contributed by atoms with Crippen molar-refractivity contribution in [3.63, 3.8) is 0 Å². The molecule has 0 spiro atoms. The summed E-state index contributed by atoms with van der Waals surface area (Å²) in [5, 5.41) is 2.84. The van der Waals surface area contributed by atoms with E-state index in [1.54, 1.807) is 12.4 Å². The second-order valence-corrected chi connectivity index (χ2v) is 5.18. The molecule has 2 aromatic rings. The maximum atomic E-state index is 11.3. The van der Waals surface area contributed by atoms with E-state index in [4.69, 9.17) is 0 Å². The Morgan fingerprint density at radius 3 is 2.09 bits per heavy atom. The average molecular weight is 316 g/mol. The lowest BCUT2D eigenvalue weighted by Gasteiger charge is -2.21. The Bertz CT molecular complexity index is 523. The largest absolute Gasteiger partial charge is 0.354 e. The number of carbonyl (C=O) groups excluding carboxylic acids is 1. The van der Waals surface area contributed by atoms with Gasteiger partial charge >= 0.3 is 0 Å². The van der Waals surface area contributed by atoms with Crippen LogP contribution >= 0.6 is 12.6 Å². The van der Waals surface area contributed by atoms with Crippen molar-refractivity contribution in [2.45, 2.75) is 13.1 Å². The van der Waals surface area contributed by atoms with E-state index in [0.29, 0.717) is 19.6 Å². The maximum absolute atomic E-state index is 11.3. The van der Waals surface area contributed by atoms with Crippen molar-refractivity contribution in [1.29, 1.82) is 0 Å². The van der Waals surface area contributed by atoms with Gasteiger partial charge < -0.3 is 5.32 Å². The first-order chi connectivity index (χ1) is 10.8. The minimum Gasteiger partial charge on any atom is -0.354 e. The summed E-state index contributed by atoms with van der Waals surface area (Å²) in [6, 6.07) is 11.8. The van der Waals surface area contributed by atoms with Gasteiger partial charge in [0.15, 0.2) is 0 Å². The number of nitrogens with one attached hydrogen (secondary N) is 1. The zero-order chi connectivity index (χ0) is 15.6. The van der Waals surface area contributed by atoms with Gasteiger partial charge in [0.25, 0.3) is 0 Å². The molecular weight excluding hydrogens is 296 g/mol. The van der Waals surface area contributed by atoms with E-state index in [9.17, 15) is 4.79 Å². The van der Waals surface area contributed by atoms with E-state index in [2.05, 4.69) is 32.8 Å². The molecule has 0 saturated heterocycles. The molecule has 0 unspecified atom stereocenters. The zero-order valence-electron chi connectivity index (χ0n) is 12.4. The van der Waals surface area contributed by atoms with Crippen LogP contribution in [0.25, 0.3) is 0 Å². The summed E-state index contributed by atoms with van der Waals surface area (Å²) >= 11 is 3.95. The molecule has 2 heterocycles. The van der Waals surface area contributed by atoms with Gasteiger partial charge in [-0.2, -0.15) is 12.6 Å². The molecule has 0 aliphatic heterocycles. The molecule has 22 heavy (non-hydrogen) atoms. The number of carbonyl (C=O) groups is 1. The van der Waals surface area contributed by atoms with Crippen LogP contribution in [0.15, 0.2) is 48.8 Å². The Balaban J connectivity index is 1.95. The van der Waals surface area contributed by atoms with Crippen LogP contribution in [0.1, 0.15) is 11.4 Å². The van der Waals surface area contributed by atoms with Gasteiger partial charge in [0, 0.05) is 38.6 Å². The van der Waals surface area contributed by atoms with Crippen molar-refractivity contribution < 1.29 is 4.79 Å². The predicted molar refractivity (Wildman–Crippen MR) is 89.5 cm³/mol. The van der Waals surface area contributed by atoms with Crippen molar-refractivity contribution in [3.8, 4) is 0 Å². The van der Waals surface area contributed by atoms with Crippen LogP contribution in [0.2, 0.25) is 0 Å². The topological polar surface area (TPSA) is 58.1 Å². The molecule has 116 valence electrons. The molecular formula is C16H20N4OS. The lowest BCUT2D eigenvalue weighted by Crippen LogP contribution is -2.35. The molecule has 5 nitrogen and oxygen atoms in total. The second-order valence-electron chi connectivity index (χ2n) is 4.86. The average Bonchev–Trinajstić information content (AvgIpc) is 2.56. The van der Waals surface area contributed by atoms with E-state index in [-0.39, 0.29) is 11.7 Å². The lowest BCUT2D eigenvalue weighted by molar-refractivity contribution is -0.118. The fraction of sp³-hybridized carbons (Fsp3) is 0.312. The van der Waals surface area contributed by atoms with Crippen LogP contribution in [0.3, 0.4) is 0 Å². The Kier molecular flexibility index (Phi) is 6.86. The van der Waals surface area contributed by atoms with Crippen LogP contribution < -0.4 is 5.32 Å². The SMILES string of the molecule is O=C(CS)NCCN(Cc1ccccn1)Cc1ccccn1. The van der Waals surface area contributed by atoms with E-state index in [1.165, 1.54) is 0 Å². The van der Waals surface area contributed by atoms with E-state index in [0.717, 1.165) is 17.9 Å². The molecule has 0 atom stereocenters. The number of hydrogen-bond acceptors (Lipinski definition) is 5. The monoisotopic (exact) mass is 316 g/mol. The number of hydrogen-bond donors (Lipinski definition) is 2. The number of thiol groups is 1. The zero-order valence-corrected chi connectivity index (χ0v) is 13.2. The number of nitrogens with zero attached hydrogens (tertiary/aromatic N) is 3. The summed E-state index contributed by atoms with van der Waals surface area (Å²) in [6.45, 7) is 2.74. The summed E-state index contributed by atoms with van der Waals surface area (Å²) in [7, 11) is 0. The van der Waals surface area contributed by atoms with Crippen LogP contribution in [-0.2, 0) is 17.9 Å². The van der Waals surface area contributed by atoms with Crippen molar-refractivity contribution >= 4 is 18.5 Å². The van der Waals surface area contributed by atoms with Gasteiger partial charge in [0.1, 0.15) is 0 Å². The highest BCUT2D eigenvalue weighted by Gasteiger charge is 2.09. The summed E-state index contributed by atoms with van der Waals surface area (Å²) in [4.78, 5) is 22.2. The van der Waals surface area contributed by atoms with Crippen molar-refractivity contribution in [3.05, 3.63) is 60.2 Å². The molecule has 2 aromatic heterocycles. The highest BCUT2D eigenvalue weighted by atomic mass is 32.1. The minimum absolute atomic E-state index is 0.0565. The number of pyridine rings is 2. The second kappa shape index (κ2) is 9.17. The smallest absolute Gasteiger partial charge is 0.229 e. The van der Waals surface area contributed by atoms with Gasteiger partial charge in [-0.15, -0.1) is 0 Å². The van der Waals surface area contributed by atoms with E-state index >= 15 is 0 Å². The van der Waals surface area contributed by atoms with Gasteiger partial charge in [0.05, 0.1) is 17.1 Å². The van der Waals surface area contributed by atoms with Gasteiger partial charge in [-0.1, -0.05) is 12.1 Å². The molecule has 1 amide bonds. The Labute approximate surface area is 136 Å². The van der Waals surface area contributed by atoms with Gasteiger partial charge in [-0.25, -0.2) is 0 Å². The molecule has 6 heteroatoms. The third-order valence-corrected chi connectivity index (χ3v) is 3.40. The molecule has 1 N–H and O–H groups in total. The summed E-state index contributed by atoms with van der Waals surface area (Å²) < 4.78 is 0. The van der Waals surface area contributed by atoms with Crippen molar-refractivity contribution in [2.24, 2.45) is 0 Å². The molecule has 0 aromatic carbocycles. The fourth-order valence-electron chi connectivity index (χ4n) is 2.06. The van der Waals surface area contributed by atoms with Crippen molar-refractivity contribution in [2.75, 3.05) is 18.8 Å². The normalized spacial score (nSPS) is 10.6. The first-order valence-electron chi connectivity index (χ1n) is 7.17. The molecule has 0 saturated carbocycles. The quantitative estimate of drug-likeness (QED) is 0.725. The highest BCUT2D eigenvalue weighted by Crippen LogP contribution is 2.06. The standard InChI is InChI=1S/C16H20N4OS/c21-16(13-22)19-9-10-20(11-14-5-1-3-7-17-14)12-15-6-2-4-8-18-15/h1-8,22H,9-13H2,(H,19,21). The van der Waals surface area contributed by atoms with Crippen LogP contribution in [-0.4, -0.2) is 39.6 Å². The lowest BCUT2D eigenvalue weighted by atomic mass is 10.3. The van der Waals surface area contributed by atoms with E-state index in [1.807, 2.05) is 36.4 Å². The fourth-order valence-corrected chi connectivity index (χ4v) is 2.18. The van der Waals surface area contributed by atoms with Gasteiger partial charge in [-0.3, -0.25) is 19.7 Å². The Hall–Kier alpha value is -1.92. The minimum atomic E-state index is -0.0565. The predicted octanol–water partition coefficient (Wildman–Crippen LogP) is 1.52. The van der Waals surface area contributed by atoms with Gasteiger partial charge in [-0.05, 0) is 24.3 Å². The Morgan fingerprint density at radius 1 is 1.05 bits per heavy atom. The van der Waals surface area contributed by atoms with Crippen LogP contribution in [0.5, 0.6) is 0 Å². The third kappa shape index (κ3) is 5.83. The van der Waals surface area contributed by atoms with Gasteiger partial charge in [0.2, 0.25) is 5.91 Å². The third-order valence-electron chi connectivity index (χ3n) is 3.12. The molecule has 2 rings (SSSR count). The summed E-state index contributed by atoms with van der Waals surface area (Å²) in [5.41, 5.74) is 2.00. The summed E-state index contributed by atoms with van der Waals surface area (Å²) in [6.07, 6.45) is 3.58. The Morgan fingerprint density at radius 2 is 1.64 bits per heavy atom. The van der Waals surface area contributed by atoms with Crippen molar-refractivity contribution in [1.82, 2.24) is 20.2 Å². The summed E-state index contributed by atoms with van der Waals surface area (Å²) in [5.74, 6) is 0.152. The molecule has 0 bridgehead atoms. The first kappa shape index (κ1) is 16.5. The molecule has 0 aliphatic rings. The highest BCUT2D eigenvalue weighted by molar-refractivity contribution is 7.81. The first-order valence-corrected chi connectivity index (χ1v) is 7.81. The molecule has 0 aliphatic carbocycles. The van der Waals surface area contributed by atoms with Crippen LogP contribution in [0, 0.1) is 0 Å².